The lowest BCUT2D eigenvalue weighted by molar-refractivity contribution is 0.0313. The molecule has 2 aliphatic heterocycles. The third-order valence-corrected chi connectivity index (χ3v) is 7.23. The van der Waals surface area contributed by atoms with E-state index in [0.717, 1.165) is 11.1 Å². The number of fused-ring (bicyclic) bond motifs is 2. The molecule has 1 N–H and O–H groups in total. The van der Waals surface area contributed by atoms with Gasteiger partial charge in [0, 0.05) is 31.3 Å². The number of ether oxygens (including phenoxy) is 3. The standard InChI is InChI=1S/C31H33N3O6/c1-20-16-34(21(2)18-35)31(37)25-13-23(10-9-22-7-5-4-6-8-22)15-32-29(25)40-28(20)17-33(3)30(36)24-11-12-26-27(14-24)39-19-38-26/h4-15,20-21,28,35H,16-19H2,1-3H3/b10-9+/t20-,21+,28+/m1/s1. The Morgan fingerprint density at radius 1 is 1.12 bits per heavy atom. The number of likely N-dealkylation sites (N-methyl/N-ethyl adjacent to an activating group) is 1. The second-order valence-electron chi connectivity index (χ2n) is 10.2. The summed E-state index contributed by atoms with van der Waals surface area (Å²) in [4.78, 5) is 34.7. The van der Waals surface area contributed by atoms with Crippen LogP contribution in [0.3, 0.4) is 0 Å². The van der Waals surface area contributed by atoms with Gasteiger partial charge in [0.05, 0.1) is 19.2 Å². The molecule has 0 fully saturated rings. The van der Waals surface area contributed by atoms with E-state index in [1.807, 2.05) is 56.3 Å². The van der Waals surface area contributed by atoms with Gasteiger partial charge < -0.3 is 29.1 Å². The Morgan fingerprint density at radius 2 is 1.88 bits per heavy atom. The molecule has 0 bridgehead atoms. The fraction of sp³-hybridized carbons (Fsp3) is 0.323. The van der Waals surface area contributed by atoms with E-state index in [-0.39, 0.29) is 43.6 Å². The van der Waals surface area contributed by atoms with Crippen molar-refractivity contribution in [3.63, 3.8) is 0 Å². The Hall–Kier alpha value is -4.37. The fourth-order valence-corrected chi connectivity index (χ4v) is 4.79. The lowest BCUT2D eigenvalue weighted by atomic mass is 9.99. The van der Waals surface area contributed by atoms with Crippen molar-refractivity contribution in [1.82, 2.24) is 14.8 Å². The average molecular weight is 544 g/mol. The monoisotopic (exact) mass is 543 g/mol. The molecule has 9 nitrogen and oxygen atoms in total. The van der Waals surface area contributed by atoms with E-state index in [1.54, 1.807) is 47.3 Å². The molecular formula is C31H33N3O6. The highest BCUT2D eigenvalue weighted by atomic mass is 16.7. The smallest absolute Gasteiger partial charge is 0.259 e. The molecule has 0 aliphatic carbocycles. The molecule has 3 atom stereocenters. The van der Waals surface area contributed by atoms with Crippen molar-refractivity contribution in [2.75, 3.05) is 33.5 Å². The molecule has 3 heterocycles. The third-order valence-electron chi connectivity index (χ3n) is 7.23. The number of aromatic nitrogens is 1. The molecule has 9 heteroatoms. The molecule has 0 saturated heterocycles. The number of rotatable bonds is 7. The maximum Gasteiger partial charge on any atom is 0.259 e. The maximum atomic E-state index is 13.7. The van der Waals surface area contributed by atoms with Gasteiger partial charge in [-0.3, -0.25) is 9.59 Å². The second kappa shape index (κ2) is 11.8. The van der Waals surface area contributed by atoms with Crippen molar-refractivity contribution >= 4 is 24.0 Å². The van der Waals surface area contributed by atoms with Gasteiger partial charge in [0.15, 0.2) is 11.5 Å². The third kappa shape index (κ3) is 5.79. The summed E-state index contributed by atoms with van der Waals surface area (Å²) in [5, 5.41) is 9.92. The predicted octanol–water partition coefficient (Wildman–Crippen LogP) is 3.97. The first-order valence-corrected chi connectivity index (χ1v) is 13.3. The first-order valence-electron chi connectivity index (χ1n) is 13.3. The van der Waals surface area contributed by atoms with Gasteiger partial charge in [0.1, 0.15) is 11.7 Å². The predicted molar refractivity (Wildman–Crippen MR) is 150 cm³/mol. The lowest BCUT2D eigenvalue weighted by Crippen LogP contribution is -2.50. The summed E-state index contributed by atoms with van der Waals surface area (Å²) >= 11 is 0. The van der Waals surface area contributed by atoms with E-state index >= 15 is 0 Å². The minimum Gasteiger partial charge on any atom is -0.472 e. The first-order chi connectivity index (χ1) is 19.3. The van der Waals surface area contributed by atoms with Crippen molar-refractivity contribution in [3.05, 3.63) is 83.0 Å². The molecule has 5 rings (SSSR count). The number of aliphatic hydroxyl groups is 1. The molecule has 2 aliphatic rings. The zero-order chi connectivity index (χ0) is 28.2. The van der Waals surface area contributed by atoms with Crippen molar-refractivity contribution in [1.29, 1.82) is 0 Å². The molecular weight excluding hydrogens is 510 g/mol. The van der Waals surface area contributed by atoms with Crippen LogP contribution in [0.4, 0.5) is 0 Å². The number of amides is 2. The number of hydrogen-bond acceptors (Lipinski definition) is 7. The van der Waals surface area contributed by atoms with E-state index in [4.69, 9.17) is 14.2 Å². The van der Waals surface area contributed by atoms with Gasteiger partial charge in [-0.1, -0.05) is 49.4 Å². The Kier molecular flexibility index (Phi) is 8.02. The van der Waals surface area contributed by atoms with Crippen LogP contribution in [0.25, 0.3) is 12.2 Å². The van der Waals surface area contributed by atoms with E-state index < -0.39 is 12.1 Å². The van der Waals surface area contributed by atoms with Crippen LogP contribution in [-0.4, -0.2) is 77.4 Å². The summed E-state index contributed by atoms with van der Waals surface area (Å²) in [6, 6.07) is 16.3. The van der Waals surface area contributed by atoms with Crippen LogP contribution in [0.2, 0.25) is 0 Å². The number of pyridine rings is 1. The quantitative estimate of drug-likeness (QED) is 0.481. The van der Waals surface area contributed by atoms with E-state index in [2.05, 4.69) is 4.98 Å². The topological polar surface area (TPSA) is 101 Å². The number of aliphatic hydroxyl groups excluding tert-OH is 1. The number of hydrogen-bond donors (Lipinski definition) is 1. The molecule has 2 amide bonds. The van der Waals surface area contributed by atoms with Gasteiger partial charge in [-0.05, 0) is 42.3 Å². The van der Waals surface area contributed by atoms with Gasteiger partial charge in [0.25, 0.3) is 11.8 Å². The van der Waals surface area contributed by atoms with Crippen molar-refractivity contribution in [2.24, 2.45) is 5.92 Å². The van der Waals surface area contributed by atoms with E-state index in [0.29, 0.717) is 29.2 Å². The van der Waals surface area contributed by atoms with Crippen molar-refractivity contribution in [2.45, 2.75) is 26.0 Å². The highest BCUT2D eigenvalue weighted by Crippen LogP contribution is 2.33. The van der Waals surface area contributed by atoms with Crippen LogP contribution >= 0.6 is 0 Å². The van der Waals surface area contributed by atoms with Crippen molar-refractivity contribution < 1.29 is 28.9 Å². The minimum absolute atomic E-state index is 0.133. The summed E-state index contributed by atoms with van der Waals surface area (Å²) in [7, 11) is 1.72. The van der Waals surface area contributed by atoms with Gasteiger partial charge in [-0.15, -0.1) is 0 Å². The Morgan fingerprint density at radius 3 is 2.65 bits per heavy atom. The molecule has 3 aromatic rings. The minimum atomic E-state index is -0.457. The Bertz CT molecular complexity index is 1410. The lowest BCUT2D eigenvalue weighted by Gasteiger charge is -2.37. The van der Waals surface area contributed by atoms with Gasteiger partial charge in [-0.25, -0.2) is 4.98 Å². The molecule has 40 heavy (non-hydrogen) atoms. The molecule has 1 aromatic heterocycles. The number of nitrogens with zero attached hydrogens (tertiary/aromatic N) is 3. The van der Waals surface area contributed by atoms with Gasteiger partial charge in [-0.2, -0.15) is 0 Å². The molecule has 0 saturated carbocycles. The van der Waals surface area contributed by atoms with Crippen LogP contribution in [-0.2, 0) is 0 Å². The molecule has 208 valence electrons. The summed E-state index contributed by atoms with van der Waals surface area (Å²) in [5.74, 6) is 0.753. The normalized spacial score (nSPS) is 19.0. The summed E-state index contributed by atoms with van der Waals surface area (Å²) in [6.07, 6.45) is 5.05. The number of carbonyl (C=O) groups is 2. The highest BCUT2D eigenvalue weighted by Gasteiger charge is 2.35. The SMILES string of the molecule is C[C@@H]1CN([C@@H](C)CO)C(=O)c2cc(/C=C/c3ccccc3)cnc2O[C@H]1CN(C)C(=O)c1ccc2c(c1)OCO2. The van der Waals surface area contributed by atoms with Crippen LogP contribution in [0.1, 0.15) is 45.7 Å². The Labute approximate surface area is 233 Å². The number of carbonyl (C=O) groups excluding carboxylic acids is 2. The van der Waals surface area contributed by atoms with Crippen LogP contribution in [0, 0.1) is 5.92 Å². The zero-order valence-electron chi connectivity index (χ0n) is 22.8. The average Bonchev–Trinajstić information content (AvgIpc) is 3.45. The van der Waals surface area contributed by atoms with Crippen LogP contribution < -0.4 is 14.2 Å². The molecule has 0 spiro atoms. The second-order valence-corrected chi connectivity index (χ2v) is 10.2. The maximum absolute atomic E-state index is 13.7. The molecule has 0 unspecified atom stereocenters. The van der Waals surface area contributed by atoms with Crippen LogP contribution in [0.5, 0.6) is 17.4 Å². The first kappa shape index (κ1) is 27.2. The van der Waals surface area contributed by atoms with E-state index in [1.165, 1.54) is 0 Å². The molecule has 0 radical (unpaired) electrons. The zero-order valence-corrected chi connectivity index (χ0v) is 22.8. The summed E-state index contributed by atoms with van der Waals surface area (Å²) in [6.45, 7) is 4.35. The summed E-state index contributed by atoms with van der Waals surface area (Å²) in [5.41, 5.74) is 2.56. The van der Waals surface area contributed by atoms with Gasteiger partial charge >= 0.3 is 0 Å². The summed E-state index contributed by atoms with van der Waals surface area (Å²) < 4.78 is 17.1. The fourth-order valence-electron chi connectivity index (χ4n) is 4.79. The largest absolute Gasteiger partial charge is 0.472 e. The Balaban J connectivity index is 1.41. The van der Waals surface area contributed by atoms with Crippen molar-refractivity contribution in [3.8, 4) is 17.4 Å². The van der Waals surface area contributed by atoms with Crippen LogP contribution in [0.15, 0.2) is 60.8 Å². The van der Waals surface area contributed by atoms with E-state index in [9.17, 15) is 14.7 Å². The molecule has 2 aromatic carbocycles. The highest BCUT2D eigenvalue weighted by molar-refractivity contribution is 5.97. The van der Waals surface area contributed by atoms with Gasteiger partial charge in [0.2, 0.25) is 12.7 Å². The number of benzene rings is 2.